The van der Waals surface area contributed by atoms with Gasteiger partial charge in [0.15, 0.2) is 0 Å². The van der Waals surface area contributed by atoms with Crippen LogP contribution in [0.4, 0.5) is 4.39 Å². The van der Waals surface area contributed by atoms with Gasteiger partial charge in [0, 0.05) is 12.1 Å². The maximum Gasteiger partial charge on any atom is 0.251 e. The third kappa shape index (κ3) is 3.94. The molecule has 3 rings (SSSR count). The van der Waals surface area contributed by atoms with Crippen LogP contribution in [-0.2, 0) is 16.4 Å². The Labute approximate surface area is 157 Å². The second-order valence-electron chi connectivity index (χ2n) is 6.65. The molecule has 2 aromatic carbocycles. The first-order chi connectivity index (χ1) is 12.7. The van der Waals surface area contributed by atoms with E-state index in [4.69, 9.17) is 0 Å². The van der Waals surface area contributed by atoms with Crippen molar-refractivity contribution in [1.82, 2.24) is 9.71 Å². The minimum absolute atomic E-state index is 0.0300. The van der Waals surface area contributed by atoms with Crippen LogP contribution in [0.1, 0.15) is 22.3 Å². The first kappa shape index (κ1) is 19.3. The number of fused-ring (bicyclic) bond motifs is 1. The zero-order valence-electron chi connectivity index (χ0n) is 15.4. The largest absolute Gasteiger partial charge is 0.321 e. The van der Waals surface area contributed by atoms with Gasteiger partial charge in [-0.1, -0.05) is 12.1 Å². The van der Waals surface area contributed by atoms with E-state index in [0.717, 1.165) is 28.1 Å². The molecule has 0 fully saturated rings. The van der Waals surface area contributed by atoms with Crippen molar-refractivity contribution in [1.29, 1.82) is 0 Å². The van der Waals surface area contributed by atoms with E-state index in [1.807, 2.05) is 26.0 Å². The molecule has 0 aliphatic heterocycles. The summed E-state index contributed by atoms with van der Waals surface area (Å²) >= 11 is 0. The Morgan fingerprint density at radius 1 is 1.04 bits per heavy atom. The Balaban J connectivity index is 1.80. The fourth-order valence-corrected chi connectivity index (χ4v) is 4.32. The molecular weight excluding hydrogens is 367 g/mol. The minimum atomic E-state index is -3.77. The Morgan fingerprint density at radius 2 is 1.78 bits per heavy atom. The Kier molecular flexibility index (Phi) is 5.17. The topological polar surface area (TPSA) is 79.0 Å². The second-order valence-corrected chi connectivity index (χ2v) is 8.39. The number of pyridine rings is 1. The molecule has 3 aromatic rings. The number of hydrogen-bond acceptors (Lipinski definition) is 3. The van der Waals surface area contributed by atoms with Gasteiger partial charge >= 0.3 is 0 Å². The van der Waals surface area contributed by atoms with Gasteiger partial charge in [-0.25, -0.2) is 17.5 Å². The Morgan fingerprint density at radius 3 is 2.48 bits per heavy atom. The standard InChI is InChI=1S/C20H21FN2O3S/c1-12-4-5-15-11-16(20(24)23-19(15)14(12)3)8-9-22-27(25,26)18-7-6-17(21)10-13(18)2/h4-7,10-11,22H,8-9H2,1-3H3,(H,23,24). The third-order valence-electron chi connectivity index (χ3n) is 4.74. The van der Waals surface area contributed by atoms with Crippen LogP contribution in [0.3, 0.4) is 0 Å². The molecule has 1 heterocycles. The Bertz CT molecular complexity index is 1180. The quantitative estimate of drug-likeness (QED) is 0.705. The predicted octanol–water partition coefficient (Wildman–Crippen LogP) is 3.11. The van der Waals surface area contributed by atoms with E-state index in [1.54, 1.807) is 6.07 Å². The molecule has 27 heavy (non-hydrogen) atoms. The number of aromatic nitrogens is 1. The van der Waals surface area contributed by atoms with Crippen LogP contribution in [0.15, 0.2) is 46.1 Å². The SMILES string of the molecule is Cc1cc(F)ccc1S(=O)(=O)NCCc1cc2ccc(C)c(C)c2[nH]c1=O. The van der Waals surface area contributed by atoms with Crippen LogP contribution in [0.2, 0.25) is 0 Å². The number of rotatable bonds is 5. The molecule has 5 nitrogen and oxygen atoms in total. The zero-order chi connectivity index (χ0) is 19.8. The first-order valence-corrected chi connectivity index (χ1v) is 10.1. The molecule has 0 saturated carbocycles. The van der Waals surface area contributed by atoms with Crippen LogP contribution in [0.25, 0.3) is 10.9 Å². The van der Waals surface area contributed by atoms with Gasteiger partial charge in [-0.05, 0) is 73.5 Å². The lowest BCUT2D eigenvalue weighted by Gasteiger charge is -2.10. The number of aromatic amines is 1. The summed E-state index contributed by atoms with van der Waals surface area (Å²) in [5.74, 6) is -0.486. The van der Waals surface area contributed by atoms with E-state index in [1.165, 1.54) is 19.1 Å². The summed E-state index contributed by atoms with van der Waals surface area (Å²) in [7, 11) is -3.77. The number of H-pyrrole nitrogens is 1. The number of aryl methyl sites for hydroxylation is 3. The van der Waals surface area contributed by atoms with Gasteiger partial charge in [-0.2, -0.15) is 0 Å². The van der Waals surface area contributed by atoms with Crippen LogP contribution in [0, 0.1) is 26.6 Å². The van der Waals surface area contributed by atoms with Crippen molar-refractivity contribution in [2.75, 3.05) is 6.54 Å². The molecule has 0 radical (unpaired) electrons. The van der Waals surface area contributed by atoms with Crippen LogP contribution in [0.5, 0.6) is 0 Å². The summed E-state index contributed by atoms with van der Waals surface area (Å²) < 4.78 is 40.5. The molecule has 0 aliphatic rings. The average molecular weight is 388 g/mol. The molecule has 0 bridgehead atoms. The molecule has 142 valence electrons. The fraction of sp³-hybridized carbons (Fsp3) is 0.250. The summed E-state index contributed by atoms with van der Waals surface area (Å²) in [6.07, 6.45) is 0.248. The molecule has 0 saturated heterocycles. The third-order valence-corrected chi connectivity index (χ3v) is 6.36. The summed E-state index contributed by atoms with van der Waals surface area (Å²) in [5.41, 5.74) is 3.51. The van der Waals surface area contributed by atoms with Crippen molar-refractivity contribution in [3.8, 4) is 0 Å². The van der Waals surface area contributed by atoms with Gasteiger partial charge in [0.25, 0.3) is 5.56 Å². The molecule has 2 N–H and O–H groups in total. The van der Waals surface area contributed by atoms with Crippen LogP contribution < -0.4 is 10.3 Å². The van der Waals surface area contributed by atoms with Crippen LogP contribution in [-0.4, -0.2) is 19.9 Å². The number of benzene rings is 2. The van der Waals surface area contributed by atoms with Gasteiger partial charge in [-0.3, -0.25) is 4.79 Å². The molecule has 0 spiro atoms. The molecule has 0 amide bonds. The highest BCUT2D eigenvalue weighted by Crippen LogP contribution is 2.19. The highest BCUT2D eigenvalue weighted by molar-refractivity contribution is 7.89. The molecule has 7 heteroatoms. The molecular formula is C20H21FN2O3S. The molecule has 0 unspecified atom stereocenters. The predicted molar refractivity (Wildman–Crippen MR) is 104 cm³/mol. The van der Waals surface area contributed by atoms with Gasteiger partial charge in [0.1, 0.15) is 5.82 Å². The lowest BCUT2D eigenvalue weighted by molar-refractivity contribution is 0.579. The van der Waals surface area contributed by atoms with E-state index in [0.29, 0.717) is 11.1 Å². The summed E-state index contributed by atoms with van der Waals surface area (Å²) in [4.78, 5) is 15.3. The second kappa shape index (κ2) is 7.25. The number of sulfonamides is 1. The normalized spacial score (nSPS) is 11.9. The van der Waals surface area contributed by atoms with Crippen molar-refractivity contribution in [3.63, 3.8) is 0 Å². The lowest BCUT2D eigenvalue weighted by atomic mass is 10.0. The van der Waals surface area contributed by atoms with Crippen molar-refractivity contribution in [3.05, 3.63) is 74.8 Å². The van der Waals surface area contributed by atoms with Crippen molar-refractivity contribution in [2.24, 2.45) is 0 Å². The van der Waals surface area contributed by atoms with Crippen LogP contribution >= 0.6 is 0 Å². The maximum atomic E-state index is 13.2. The van der Waals surface area contributed by atoms with Gasteiger partial charge in [0.05, 0.1) is 10.4 Å². The van der Waals surface area contributed by atoms with E-state index in [2.05, 4.69) is 9.71 Å². The minimum Gasteiger partial charge on any atom is -0.321 e. The van der Waals surface area contributed by atoms with Crippen molar-refractivity contribution < 1.29 is 12.8 Å². The van der Waals surface area contributed by atoms with Crippen molar-refractivity contribution in [2.45, 2.75) is 32.1 Å². The van der Waals surface area contributed by atoms with Gasteiger partial charge < -0.3 is 4.98 Å². The zero-order valence-corrected chi connectivity index (χ0v) is 16.2. The summed E-state index contributed by atoms with van der Waals surface area (Å²) in [6.45, 7) is 5.54. The number of hydrogen-bond donors (Lipinski definition) is 2. The lowest BCUT2D eigenvalue weighted by Crippen LogP contribution is -2.28. The highest BCUT2D eigenvalue weighted by Gasteiger charge is 2.17. The summed E-state index contributed by atoms with van der Waals surface area (Å²) in [5, 5.41) is 0.907. The van der Waals surface area contributed by atoms with Gasteiger partial charge in [0.2, 0.25) is 10.0 Å². The van der Waals surface area contributed by atoms with E-state index in [9.17, 15) is 17.6 Å². The fourth-order valence-electron chi connectivity index (χ4n) is 3.07. The Hall–Kier alpha value is -2.51. The van der Waals surface area contributed by atoms with Gasteiger partial charge in [-0.15, -0.1) is 0 Å². The smallest absolute Gasteiger partial charge is 0.251 e. The molecule has 0 aliphatic carbocycles. The van der Waals surface area contributed by atoms with E-state index < -0.39 is 15.8 Å². The number of halogens is 1. The number of nitrogens with one attached hydrogen (secondary N) is 2. The summed E-state index contributed by atoms with van der Waals surface area (Å²) in [6, 6.07) is 9.23. The average Bonchev–Trinajstić information content (AvgIpc) is 2.59. The highest BCUT2D eigenvalue weighted by atomic mass is 32.2. The monoisotopic (exact) mass is 388 g/mol. The van der Waals surface area contributed by atoms with E-state index >= 15 is 0 Å². The molecule has 1 aromatic heterocycles. The van der Waals surface area contributed by atoms with E-state index in [-0.39, 0.29) is 23.4 Å². The molecule has 0 atom stereocenters. The first-order valence-electron chi connectivity index (χ1n) is 8.57. The maximum absolute atomic E-state index is 13.2. The van der Waals surface area contributed by atoms with Crippen molar-refractivity contribution >= 4 is 20.9 Å².